The van der Waals surface area contributed by atoms with Crippen molar-refractivity contribution in [3.05, 3.63) is 25.3 Å². The van der Waals surface area contributed by atoms with Crippen LogP contribution in [-0.4, -0.2) is 79.6 Å². The summed E-state index contributed by atoms with van der Waals surface area (Å²) in [4.78, 5) is 46.2. The Morgan fingerprint density at radius 2 is 1.90 bits per heavy atom. The van der Waals surface area contributed by atoms with Gasteiger partial charge in [-0.15, -0.1) is 24.9 Å². The van der Waals surface area contributed by atoms with Crippen LogP contribution in [-0.2, 0) is 19.1 Å². The Labute approximate surface area is 239 Å². The number of amides is 2. The molecule has 1 N–H and O–H groups in total. The fourth-order valence-electron chi connectivity index (χ4n) is 7.60. The van der Waals surface area contributed by atoms with E-state index in [9.17, 15) is 19.5 Å². The van der Waals surface area contributed by atoms with Gasteiger partial charge >= 0.3 is 5.97 Å². The Balaban J connectivity index is 2.09. The zero-order valence-electron chi connectivity index (χ0n) is 25.1. The maximum atomic E-state index is 14.8. The first kappa shape index (κ1) is 31.7. The summed E-state index contributed by atoms with van der Waals surface area (Å²) in [5.41, 5.74) is -0.524. The molecule has 6 atom stereocenters. The van der Waals surface area contributed by atoms with E-state index in [1.54, 1.807) is 28.8 Å². The molecule has 220 valence electrons. The second-order valence-corrected chi connectivity index (χ2v) is 15.5. The molecular weight excluding hydrogens is 512 g/mol. The lowest BCUT2D eigenvalue weighted by Gasteiger charge is -2.46. The predicted octanol–water partition coefficient (Wildman–Crippen LogP) is 4.98. The molecule has 3 heterocycles. The molecule has 1 spiro atoms. The lowest BCUT2D eigenvalue weighted by Crippen LogP contribution is -2.61. The number of nitrogens with zero attached hydrogens (tertiary/aromatic N) is 2. The van der Waals surface area contributed by atoms with E-state index in [0.717, 1.165) is 19.3 Å². The second-order valence-electron chi connectivity index (χ2n) is 13.6. The monoisotopic (exact) mass is 562 g/mol. The molecule has 0 saturated carbocycles. The van der Waals surface area contributed by atoms with E-state index in [0.29, 0.717) is 25.8 Å². The van der Waals surface area contributed by atoms with Crippen LogP contribution in [0.25, 0.3) is 0 Å². The first-order valence-corrected chi connectivity index (χ1v) is 15.3. The van der Waals surface area contributed by atoms with Crippen LogP contribution < -0.4 is 0 Å². The number of carbonyl (C=O) groups excluding carboxylic acids is 3. The van der Waals surface area contributed by atoms with Crippen molar-refractivity contribution in [1.82, 2.24) is 9.80 Å². The lowest BCUT2D eigenvalue weighted by atomic mass is 9.66. The van der Waals surface area contributed by atoms with Gasteiger partial charge in [-0.2, -0.15) is 0 Å². The van der Waals surface area contributed by atoms with Gasteiger partial charge in [0.2, 0.25) is 11.8 Å². The molecule has 3 fully saturated rings. The molecule has 0 aromatic heterocycles. The number of allylic oxidation sites excluding steroid dienone is 1. The quantitative estimate of drug-likeness (QED) is 0.194. The van der Waals surface area contributed by atoms with Gasteiger partial charge in [-0.1, -0.05) is 39.8 Å². The van der Waals surface area contributed by atoms with E-state index in [1.807, 2.05) is 18.7 Å². The van der Waals surface area contributed by atoms with Crippen LogP contribution in [0.4, 0.5) is 0 Å². The number of aliphatic hydroxyl groups excluding tert-OH is 1. The molecule has 0 radical (unpaired) electrons. The van der Waals surface area contributed by atoms with Crippen molar-refractivity contribution in [3.8, 4) is 0 Å². The highest BCUT2D eigenvalue weighted by molar-refractivity contribution is 8.02. The number of rotatable bonds is 13. The maximum absolute atomic E-state index is 14.8. The van der Waals surface area contributed by atoms with Crippen molar-refractivity contribution in [2.24, 2.45) is 17.3 Å². The number of thioether (sulfide) groups is 1. The number of unbranched alkanes of at least 4 members (excludes halogenated alkanes) is 1. The van der Waals surface area contributed by atoms with E-state index in [-0.39, 0.29) is 36.4 Å². The highest BCUT2D eigenvalue weighted by Gasteiger charge is 2.78. The molecular formula is C31H50N2O5S. The topological polar surface area (TPSA) is 87.1 Å². The fraction of sp³-hybridized carbons (Fsp3) is 0.774. The summed E-state index contributed by atoms with van der Waals surface area (Å²) in [6.45, 7) is 22.6. The summed E-state index contributed by atoms with van der Waals surface area (Å²) < 4.78 is 4.49. The predicted molar refractivity (Wildman–Crippen MR) is 157 cm³/mol. The van der Waals surface area contributed by atoms with Crippen molar-refractivity contribution in [1.29, 1.82) is 0 Å². The van der Waals surface area contributed by atoms with Gasteiger partial charge in [-0.25, -0.2) is 0 Å². The Hall–Kier alpha value is -1.80. The normalized spacial score (nSPS) is 30.7. The molecule has 3 rings (SSSR count). The van der Waals surface area contributed by atoms with Gasteiger partial charge in [0.15, 0.2) is 0 Å². The average molecular weight is 563 g/mol. The summed E-state index contributed by atoms with van der Waals surface area (Å²) in [6.07, 6.45) is 7.64. The minimum absolute atomic E-state index is 0.0270. The highest BCUT2D eigenvalue weighted by atomic mass is 32.2. The maximum Gasteiger partial charge on any atom is 0.311 e. The number of fused-ring (bicyclic) bond motifs is 1. The third-order valence-corrected chi connectivity index (χ3v) is 10.8. The fourth-order valence-corrected chi connectivity index (χ4v) is 9.93. The van der Waals surface area contributed by atoms with Gasteiger partial charge in [0.05, 0.1) is 35.8 Å². The Morgan fingerprint density at radius 1 is 1.23 bits per heavy atom. The molecule has 3 aliphatic heterocycles. The number of esters is 1. The molecule has 7 nitrogen and oxygen atoms in total. The van der Waals surface area contributed by atoms with Gasteiger partial charge in [0.25, 0.3) is 0 Å². The van der Waals surface area contributed by atoms with Gasteiger partial charge in [-0.3, -0.25) is 14.4 Å². The van der Waals surface area contributed by atoms with E-state index in [2.05, 4.69) is 47.8 Å². The van der Waals surface area contributed by atoms with Crippen molar-refractivity contribution >= 4 is 29.5 Å². The summed E-state index contributed by atoms with van der Waals surface area (Å²) >= 11 is 1.64. The van der Waals surface area contributed by atoms with E-state index in [4.69, 9.17) is 4.74 Å². The van der Waals surface area contributed by atoms with Crippen molar-refractivity contribution in [2.75, 3.05) is 19.8 Å². The molecule has 3 aliphatic rings. The third kappa shape index (κ3) is 5.70. The summed E-state index contributed by atoms with van der Waals surface area (Å²) in [6, 6.07) is -1.27. The highest BCUT2D eigenvalue weighted by Crippen LogP contribution is 2.72. The van der Waals surface area contributed by atoms with Gasteiger partial charge in [0, 0.05) is 16.8 Å². The lowest BCUT2D eigenvalue weighted by molar-refractivity contribution is -0.156. The minimum atomic E-state index is -0.767. The molecule has 2 bridgehead atoms. The summed E-state index contributed by atoms with van der Waals surface area (Å²) in [5, 5.41) is 10.3. The first-order valence-electron chi connectivity index (χ1n) is 14.5. The van der Waals surface area contributed by atoms with E-state index >= 15 is 0 Å². The second kappa shape index (κ2) is 11.6. The Kier molecular flexibility index (Phi) is 9.43. The Bertz CT molecular complexity index is 971. The zero-order chi connectivity index (χ0) is 29.4. The molecule has 8 heteroatoms. The number of ether oxygens (including phenoxy) is 1. The largest absolute Gasteiger partial charge is 0.465 e. The van der Waals surface area contributed by atoms with Crippen molar-refractivity contribution in [2.45, 2.75) is 114 Å². The average Bonchev–Trinajstić information content (AvgIpc) is 3.40. The molecule has 39 heavy (non-hydrogen) atoms. The van der Waals surface area contributed by atoms with Crippen LogP contribution in [0.2, 0.25) is 0 Å². The zero-order valence-corrected chi connectivity index (χ0v) is 25.9. The summed E-state index contributed by atoms with van der Waals surface area (Å²) in [5.74, 6) is -1.96. The van der Waals surface area contributed by atoms with Crippen LogP contribution in [0.15, 0.2) is 25.3 Å². The van der Waals surface area contributed by atoms with Crippen molar-refractivity contribution < 1.29 is 24.2 Å². The third-order valence-electron chi connectivity index (χ3n) is 8.85. The Morgan fingerprint density at radius 3 is 2.44 bits per heavy atom. The molecule has 2 unspecified atom stereocenters. The molecule has 0 aromatic carbocycles. The minimum Gasteiger partial charge on any atom is -0.465 e. The van der Waals surface area contributed by atoms with Crippen molar-refractivity contribution in [3.63, 3.8) is 0 Å². The van der Waals surface area contributed by atoms with Crippen LogP contribution in [0.1, 0.15) is 87.0 Å². The van der Waals surface area contributed by atoms with Gasteiger partial charge in [0.1, 0.15) is 6.04 Å². The first-order chi connectivity index (χ1) is 18.1. The van der Waals surface area contributed by atoms with Crippen LogP contribution in [0.3, 0.4) is 0 Å². The van der Waals surface area contributed by atoms with Crippen LogP contribution in [0.5, 0.6) is 0 Å². The number of hydrogen-bond acceptors (Lipinski definition) is 6. The standard InChI is InChI=1S/C31H50N2O5S/c1-10-13-14-18-38-27(37)23-22-25(35)33(21(12-3)19-34)24(31(22)16-15-30(23,9)39-31)26(36)32(17-11-2)29(7,8)20-28(4,5)6/h10-11,21-24,34H,1-2,12-20H2,3-9H3/t21-,22-,23-,24?,30+,31?/m0/s1. The molecule has 0 aromatic rings. The molecule has 2 amide bonds. The summed E-state index contributed by atoms with van der Waals surface area (Å²) in [7, 11) is 0. The van der Waals surface area contributed by atoms with Gasteiger partial charge < -0.3 is 19.6 Å². The van der Waals surface area contributed by atoms with E-state index < -0.39 is 39.0 Å². The SMILES string of the molecule is C=CCCCOC(=O)[C@@H]1[C@H]2C(=O)N([C@@H](CC)CO)C(C(=O)N(CC=C)C(C)(C)CC(C)(C)C)C23CC[C@@]1(C)S3. The number of hydrogen-bond donors (Lipinski definition) is 1. The van der Waals surface area contributed by atoms with E-state index in [1.165, 1.54) is 0 Å². The van der Waals surface area contributed by atoms with Crippen LogP contribution in [0, 0.1) is 17.3 Å². The van der Waals surface area contributed by atoms with Crippen LogP contribution >= 0.6 is 11.8 Å². The molecule has 3 saturated heterocycles. The number of aliphatic hydroxyl groups is 1. The van der Waals surface area contributed by atoms with Gasteiger partial charge in [-0.05, 0) is 64.7 Å². The number of carbonyl (C=O) groups is 3. The number of likely N-dealkylation sites (tertiary alicyclic amines) is 1. The smallest absolute Gasteiger partial charge is 0.311 e. The molecule has 0 aliphatic carbocycles.